The van der Waals surface area contributed by atoms with Crippen molar-refractivity contribution >= 4 is 28.8 Å². The number of ether oxygens (including phenoxy) is 1. The van der Waals surface area contributed by atoms with Crippen LogP contribution in [-0.2, 0) is 4.74 Å². The van der Waals surface area contributed by atoms with Gasteiger partial charge in [-0.05, 0) is 36.5 Å². The van der Waals surface area contributed by atoms with E-state index in [0.29, 0.717) is 23.1 Å². The monoisotopic (exact) mass is 421 g/mol. The Hall–Kier alpha value is -3.52. The molecule has 0 saturated carbocycles. The molecule has 3 N–H and O–H groups in total. The van der Waals surface area contributed by atoms with Gasteiger partial charge in [0.25, 0.3) is 5.91 Å². The number of benzene rings is 1. The van der Waals surface area contributed by atoms with Gasteiger partial charge in [0.05, 0.1) is 29.3 Å². The Morgan fingerprint density at radius 2 is 2.00 bits per heavy atom. The molecule has 1 amide bonds. The number of carbonyl (C=O) groups is 1. The highest BCUT2D eigenvalue weighted by molar-refractivity contribution is 5.99. The van der Waals surface area contributed by atoms with Crippen molar-refractivity contribution in [2.75, 3.05) is 30.5 Å². The van der Waals surface area contributed by atoms with Gasteiger partial charge >= 0.3 is 0 Å². The molecule has 0 aliphatic carbocycles. The molecule has 7 nitrogen and oxygen atoms in total. The summed E-state index contributed by atoms with van der Waals surface area (Å²) in [7, 11) is 1.72. The van der Waals surface area contributed by atoms with Crippen LogP contribution in [0, 0.1) is 5.82 Å². The maximum Gasteiger partial charge on any atom is 0.252 e. The lowest BCUT2D eigenvalue weighted by Crippen LogP contribution is -2.19. The van der Waals surface area contributed by atoms with Gasteiger partial charge in [0.15, 0.2) is 0 Å². The second kappa shape index (κ2) is 9.09. The van der Waals surface area contributed by atoms with E-state index in [-0.39, 0.29) is 5.56 Å². The maximum atomic E-state index is 13.6. The van der Waals surface area contributed by atoms with Crippen LogP contribution >= 0.6 is 0 Å². The molecule has 2 aromatic heterocycles. The lowest BCUT2D eigenvalue weighted by Gasteiger charge is -2.23. The van der Waals surface area contributed by atoms with E-state index in [2.05, 4.69) is 27.4 Å². The average molecular weight is 421 g/mol. The molecule has 160 valence electrons. The van der Waals surface area contributed by atoms with E-state index in [1.54, 1.807) is 18.0 Å². The predicted molar refractivity (Wildman–Crippen MR) is 118 cm³/mol. The van der Waals surface area contributed by atoms with Gasteiger partial charge in [-0.3, -0.25) is 9.78 Å². The molecule has 0 atom stereocenters. The molecular formula is C23H24FN5O2. The van der Waals surface area contributed by atoms with Crippen molar-refractivity contribution in [2.45, 2.75) is 18.8 Å². The number of nitrogens with zero attached hydrogens (tertiary/aromatic N) is 3. The number of anilines is 4. The molecule has 8 heteroatoms. The molecule has 1 aliphatic heterocycles. The smallest absolute Gasteiger partial charge is 0.252 e. The topological polar surface area (TPSA) is 93.4 Å². The van der Waals surface area contributed by atoms with Crippen molar-refractivity contribution in [1.29, 1.82) is 0 Å². The van der Waals surface area contributed by atoms with Gasteiger partial charge in [-0.1, -0.05) is 12.1 Å². The van der Waals surface area contributed by atoms with Gasteiger partial charge in [0, 0.05) is 44.3 Å². The lowest BCUT2D eigenvalue weighted by molar-refractivity contribution is 0.0853. The maximum absolute atomic E-state index is 13.6. The number of hydrogen-bond donors (Lipinski definition) is 2. The van der Waals surface area contributed by atoms with Crippen molar-refractivity contribution in [3.8, 4) is 0 Å². The van der Waals surface area contributed by atoms with Crippen molar-refractivity contribution in [2.24, 2.45) is 5.73 Å². The Bertz CT molecular complexity index is 1090. The average Bonchev–Trinajstić information content (AvgIpc) is 2.79. The summed E-state index contributed by atoms with van der Waals surface area (Å²) in [4.78, 5) is 21.8. The largest absolute Gasteiger partial charge is 0.381 e. The summed E-state index contributed by atoms with van der Waals surface area (Å²) in [5.41, 5.74) is 8.90. The third-order valence-corrected chi connectivity index (χ3v) is 5.44. The second-order valence-electron chi connectivity index (χ2n) is 7.51. The number of primary amides is 1. The minimum Gasteiger partial charge on any atom is -0.381 e. The Morgan fingerprint density at radius 1 is 1.19 bits per heavy atom. The number of nitrogens with two attached hydrogens (primary N) is 1. The molecule has 3 heterocycles. The Kier molecular flexibility index (Phi) is 6.08. The van der Waals surface area contributed by atoms with Crippen LogP contribution in [0.3, 0.4) is 0 Å². The number of halogens is 1. The zero-order valence-electron chi connectivity index (χ0n) is 17.2. The number of nitrogens with one attached hydrogen (secondary N) is 1. The van der Waals surface area contributed by atoms with Crippen LogP contribution in [0.4, 0.5) is 27.3 Å². The van der Waals surface area contributed by atoms with E-state index in [9.17, 15) is 9.18 Å². The molecule has 0 bridgehead atoms. The summed E-state index contributed by atoms with van der Waals surface area (Å²) in [6.07, 6.45) is 6.07. The highest BCUT2D eigenvalue weighted by Crippen LogP contribution is 2.31. The summed E-state index contributed by atoms with van der Waals surface area (Å²) in [6, 6.07) is 11.3. The third kappa shape index (κ3) is 4.80. The first-order chi connectivity index (χ1) is 15.0. The van der Waals surface area contributed by atoms with Crippen LogP contribution in [0.25, 0.3) is 0 Å². The fourth-order valence-electron chi connectivity index (χ4n) is 3.75. The van der Waals surface area contributed by atoms with E-state index in [4.69, 9.17) is 10.5 Å². The third-order valence-electron chi connectivity index (χ3n) is 5.44. The second-order valence-corrected chi connectivity index (χ2v) is 7.51. The van der Waals surface area contributed by atoms with Crippen LogP contribution in [0.2, 0.25) is 0 Å². The summed E-state index contributed by atoms with van der Waals surface area (Å²) in [6.45, 7) is 1.56. The van der Waals surface area contributed by atoms with Crippen molar-refractivity contribution in [3.05, 3.63) is 71.9 Å². The van der Waals surface area contributed by atoms with Crippen molar-refractivity contribution in [1.82, 2.24) is 9.97 Å². The minimum atomic E-state index is -0.619. The molecule has 31 heavy (non-hydrogen) atoms. The lowest BCUT2D eigenvalue weighted by atomic mass is 9.91. The minimum absolute atomic E-state index is 0.230. The zero-order chi connectivity index (χ0) is 21.8. The van der Waals surface area contributed by atoms with Gasteiger partial charge in [-0.25, -0.2) is 9.37 Å². The number of pyridine rings is 2. The number of aromatic nitrogens is 2. The van der Waals surface area contributed by atoms with E-state index in [1.807, 2.05) is 12.1 Å². The molecule has 0 radical (unpaired) electrons. The number of carbonyl (C=O) groups excluding carboxylic acids is 1. The number of hydrogen-bond acceptors (Lipinski definition) is 6. The number of amides is 1. The highest BCUT2D eigenvalue weighted by Gasteiger charge is 2.18. The molecule has 1 aliphatic rings. The number of rotatable bonds is 6. The molecule has 0 spiro atoms. The van der Waals surface area contributed by atoms with Gasteiger partial charge in [0.1, 0.15) is 11.6 Å². The Labute approximate surface area is 180 Å². The SMILES string of the molecule is CN(c1cncc(F)c1)c1cc(Nc2cccc(C3CCOCC3)c2)ncc1C(N)=O. The van der Waals surface area contributed by atoms with Gasteiger partial charge in [-0.15, -0.1) is 0 Å². The van der Waals surface area contributed by atoms with Crippen LogP contribution in [0.1, 0.15) is 34.7 Å². The van der Waals surface area contributed by atoms with Gasteiger partial charge in [-0.2, -0.15) is 0 Å². The summed E-state index contributed by atoms with van der Waals surface area (Å²) in [5, 5.41) is 3.30. The van der Waals surface area contributed by atoms with E-state index in [1.165, 1.54) is 24.0 Å². The van der Waals surface area contributed by atoms with E-state index < -0.39 is 11.7 Å². The molecule has 0 unspecified atom stereocenters. The normalized spacial score (nSPS) is 14.3. The molecule has 3 aromatic rings. The van der Waals surface area contributed by atoms with Gasteiger partial charge in [0.2, 0.25) is 0 Å². The van der Waals surface area contributed by atoms with Crippen LogP contribution < -0.4 is 16.0 Å². The molecule has 1 aromatic carbocycles. The Balaban J connectivity index is 1.62. The summed E-state index contributed by atoms with van der Waals surface area (Å²) >= 11 is 0. The van der Waals surface area contributed by atoms with Crippen LogP contribution in [-0.4, -0.2) is 36.1 Å². The van der Waals surface area contributed by atoms with Crippen LogP contribution in [0.5, 0.6) is 0 Å². The van der Waals surface area contributed by atoms with E-state index >= 15 is 0 Å². The fourth-order valence-corrected chi connectivity index (χ4v) is 3.75. The molecular weight excluding hydrogens is 397 g/mol. The standard InChI is InChI=1S/C23H24FN5O2/c1-29(19-10-17(24)12-26-13-19)21-11-22(27-14-20(21)23(25)30)28-18-4-2-3-16(9-18)15-5-7-31-8-6-15/h2-4,9-15H,5-8H2,1H3,(H2,25,30)(H,27,28). The molecule has 1 fully saturated rings. The predicted octanol–water partition coefficient (Wildman–Crippen LogP) is 4.12. The Morgan fingerprint density at radius 3 is 2.74 bits per heavy atom. The van der Waals surface area contributed by atoms with Crippen LogP contribution in [0.15, 0.2) is 55.0 Å². The zero-order valence-corrected chi connectivity index (χ0v) is 17.2. The fraction of sp³-hybridized carbons (Fsp3) is 0.261. The van der Waals surface area contributed by atoms with Crippen molar-refractivity contribution in [3.63, 3.8) is 0 Å². The summed E-state index contributed by atoms with van der Waals surface area (Å²) < 4.78 is 19.1. The molecule has 1 saturated heterocycles. The van der Waals surface area contributed by atoms with E-state index in [0.717, 1.165) is 37.9 Å². The van der Waals surface area contributed by atoms with Gasteiger partial charge < -0.3 is 20.7 Å². The molecule has 4 rings (SSSR count). The first kappa shape index (κ1) is 20.7. The first-order valence-electron chi connectivity index (χ1n) is 10.1. The quantitative estimate of drug-likeness (QED) is 0.622. The summed E-state index contributed by atoms with van der Waals surface area (Å²) in [5.74, 6) is -0.0720. The highest BCUT2D eigenvalue weighted by atomic mass is 19.1. The van der Waals surface area contributed by atoms with Crippen molar-refractivity contribution < 1.29 is 13.9 Å². The first-order valence-corrected chi connectivity index (χ1v) is 10.1.